The largest absolute Gasteiger partial charge is 0.382 e. The second kappa shape index (κ2) is 5.75. The summed E-state index contributed by atoms with van der Waals surface area (Å²) in [5.74, 6) is 0.455. The molecule has 3 rings (SSSR count). The van der Waals surface area contributed by atoms with Crippen LogP contribution in [0.15, 0.2) is 12.7 Å². The third kappa shape index (κ3) is 2.60. The highest BCUT2D eigenvalue weighted by molar-refractivity contribution is 5.80. The Labute approximate surface area is 119 Å². The molecule has 0 radical (unpaired) electrons. The molecule has 1 aliphatic rings. The molecule has 6 heteroatoms. The smallest absolute Gasteiger partial charge is 0.165 e. The Bertz CT molecular complexity index is 572. The standard InChI is InChI=1S/C14H22N6/c1-19(11-5-2-3-6-11)7-4-8-20-10-18-12-13(15)16-9-17-14(12)20/h9-11H,2-8H2,1H3,(H2,15,16,17). The van der Waals surface area contributed by atoms with Crippen molar-refractivity contribution < 1.29 is 0 Å². The second-order valence-corrected chi connectivity index (χ2v) is 5.64. The van der Waals surface area contributed by atoms with E-state index in [-0.39, 0.29) is 0 Å². The van der Waals surface area contributed by atoms with Crippen molar-refractivity contribution in [1.82, 2.24) is 24.4 Å². The number of nitrogens with zero attached hydrogens (tertiary/aromatic N) is 5. The third-order valence-corrected chi connectivity index (χ3v) is 4.29. The van der Waals surface area contributed by atoms with Crippen molar-refractivity contribution in [2.45, 2.75) is 44.7 Å². The van der Waals surface area contributed by atoms with Gasteiger partial charge in [-0.15, -0.1) is 0 Å². The SMILES string of the molecule is CN(CCCn1cnc2c(N)ncnc21)C1CCCC1. The first-order chi connectivity index (χ1) is 9.75. The molecule has 1 aliphatic carbocycles. The minimum atomic E-state index is 0.455. The van der Waals surface area contributed by atoms with E-state index in [0.717, 1.165) is 31.2 Å². The first-order valence-electron chi connectivity index (χ1n) is 7.37. The highest BCUT2D eigenvalue weighted by atomic mass is 15.1. The van der Waals surface area contributed by atoms with Crippen LogP contribution < -0.4 is 5.73 Å². The van der Waals surface area contributed by atoms with Crippen LogP contribution in [0.1, 0.15) is 32.1 Å². The molecule has 1 fully saturated rings. The van der Waals surface area contributed by atoms with Gasteiger partial charge >= 0.3 is 0 Å². The Kier molecular flexibility index (Phi) is 3.82. The van der Waals surface area contributed by atoms with Gasteiger partial charge in [0.1, 0.15) is 11.8 Å². The van der Waals surface area contributed by atoms with Gasteiger partial charge in [-0.05, 0) is 32.9 Å². The monoisotopic (exact) mass is 274 g/mol. The van der Waals surface area contributed by atoms with Gasteiger partial charge in [-0.2, -0.15) is 0 Å². The van der Waals surface area contributed by atoms with Crippen LogP contribution in [0.2, 0.25) is 0 Å². The molecule has 0 saturated heterocycles. The number of anilines is 1. The molecule has 2 aromatic rings. The fourth-order valence-corrected chi connectivity index (χ4v) is 3.08. The van der Waals surface area contributed by atoms with Gasteiger partial charge in [0.25, 0.3) is 0 Å². The number of nitrogens with two attached hydrogens (primary N) is 1. The number of hydrogen-bond acceptors (Lipinski definition) is 5. The molecule has 1 saturated carbocycles. The van der Waals surface area contributed by atoms with Crippen LogP contribution in [0.3, 0.4) is 0 Å². The van der Waals surface area contributed by atoms with Gasteiger partial charge in [0.15, 0.2) is 11.5 Å². The normalized spacial score (nSPS) is 16.5. The average molecular weight is 274 g/mol. The summed E-state index contributed by atoms with van der Waals surface area (Å²) < 4.78 is 2.07. The van der Waals surface area contributed by atoms with Crippen molar-refractivity contribution in [3.05, 3.63) is 12.7 Å². The molecule has 2 heterocycles. The van der Waals surface area contributed by atoms with E-state index in [4.69, 9.17) is 5.73 Å². The molecule has 6 nitrogen and oxygen atoms in total. The molecule has 0 atom stereocenters. The molecule has 108 valence electrons. The van der Waals surface area contributed by atoms with Gasteiger partial charge in [-0.3, -0.25) is 0 Å². The van der Waals surface area contributed by atoms with Crippen molar-refractivity contribution in [2.75, 3.05) is 19.3 Å². The third-order valence-electron chi connectivity index (χ3n) is 4.29. The van der Waals surface area contributed by atoms with Crippen molar-refractivity contribution in [3.63, 3.8) is 0 Å². The predicted octanol–water partition coefficient (Wildman–Crippen LogP) is 1.67. The molecule has 0 unspecified atom stereocenters. The Morgan fingerprint density at radius 1 is 1.30 bits per heavy atom. The lowest BCUT2D eigenvalue weighted by Gasteiger charge is -2.23. The highest BCUT2D eigenvalue weighted by Crippen LogP contribution is 2.22. The Morgan fingerprint density at radius 3 is 2.90 bits per heavy atom. The van der Waals surface area contributed by atoms with Crippen LogP contribution in [0.4, 0.5) is 5.82 Å². The summed E-state index contributed by atoms with van der Waals surface area (Å²) in [6.07, 6.45) is 9.89. The summed E-state index contributed by atoms with van der Waals surface area (Å²) in [6.45, 7) is 2.04. The number of imidazole rings is 1. The highest BCUT2D eigenvalue weighted by Gasteiger charge is 2.18. The van der Waals surface area contributed by atoms with Crippen LogP contribution in [0.25, 0.3) is 11.2 Å². The van der Waals surface area contributed by atoms with E-state index in [9.17, 15) is 0 Å². The fourth-order valence-electron chi connectivity index (χ4n) is 3.08. The van der Waals surface area contributed by atoms with E-state index in [0.29, 0.717) is 11.3 Å². The molecule has 0 bridgehead atoms. The summed E-state index contributed by atoms with van der Waals surface area (Å²) in [7, 11) is 2.24. The van der Waals surface area contributed by atoms with Crippen molar-refractivity contribution >= 4 is 17.0 Å². The van der Waals surface area contributed by atoms with E-state index in [2.05, 4.69) is 31.5 Å². The lowest BCUT2D eigenvalue weighted by molar-refractivity contribution is 0.239. The van der Waals surface area contributed by atoms with E-state index >= 15 is 0 Å². The molecule has 2 aromatic heterocycles. The lowest BCUT2D eigenvalue weighted by atomic mass is 10.2. The zero-order chi connectivity index (χ0) is 13.9. The number of hydrogen-bond donors (Lipinski definition) is 1. The lowest BCUT2D eigenvalue weighted by Crippen LogP contribution is -2.30. The van der Waals surface area contributed by atoms with Gasteiger partial charge < -0.3 is 15.2 Å². The molecule has 20 heavy (non-hydrogen) atoms. The van der Waals surface area contributed by atoms with E-state index in [1.165, 1.54) is 32.0 Å². The van der Waals surface area contributed by atoms with Crippen LogP contribution in [-0.4, -0.2) is 44.1 Å². The molecule has 0 aliphatic heterocycles. The molecular weight excluding hydrogens is 252 g/mol. The van der Waals surface area contributed by atoms with Crippen molar-refractivity contribution in [1.29, 1.82) is 0 Å². The number of aryl methyl sites for hydroxylation is 1. The fraction of sp³-hybridized carbons (Fsp3) is 0.643. The quantitative estimate of drug-likeness (QED) is 0.898. The molecule has 0 spiro atoms. The molecule has 0 aromatic carbocycles. The van der Waals surface area contributed by atoms with Crippen LogP contribution in [0.5, 0.6) is 0 Å². The topological polar surface area (TPSA) is 72.9 Å². The molecule has 0 amide bonds. The van der Waals surface area contributed by atoms with Gasteiger partial charge in [-0.25, -0.2) is 15.0 Å². The van der Waals surface area contributed by atoms with Crippen LogP contribution in [-0.2, 0) is 6.54 Å². The zero-order valence-electron chi connectivity index (χ0n) is 12.0. The Morgan fingerprint density at radius 2 is 2.10 bits per heavy atom. The minimum absolute atomic E-state index is 0.455. The minimum Gasteiger partial charge on any atom is -0.382 e. The maximum Gasteiger partial charge on any atom is 0.165 e. The molecular formula is C14H22N6. The second-order valence-electron chi connectivity index (χ2n) is 5.64. The van der Waals surface area contributed by atoms with E-state index < -0.39 is 0 Å². The predicted molar refractivity (Wildman–Crippen MR) is 79.2 cm³/mol. The Hall–Kier alpha value is -1.69. The summed E-state index contributed by atoms with van der Waals surface area (Å²) in [5, 5.41) is 0. The van der Waals surface area contributed by atoms with Gasteiger partial charge in [-0.1, -0.05) is 12.8 Å². The van der Waals surface area contributed by atoms with Gasteiger partial charge in [0, 0.05) is 12.6 Å². The Balaban J connectivity index is 1.58. The average Bonchev–Trinajstić information content (AvgIpc) is 3.09. The number of rotatable bonds is 5. The number of nitrogen functional groups attached to an aromatic ring is 1. The van der Waals surface area contributed by atoms with Crippen LogP contribution in [0, 0.1) is 0 Å². The van der Waals surface area contributed by atoms with Gasteiger partial charge in [0.05, 0.1) is 6.33 Å². The maximum absolute atomic E-state index is 5.79. The number of aromatic nitrogens is 4. The summed E-state index contributed by atoms with van der Waals surface area (Å²) in [6, 6.07) is 0.785. The maximum atomic E-state index is 5.79. The molecule has 2 N–H and O–H groups in total. The van der Waals surface area contributed by atoms with E-state index in [1.807, 2.05) is 6.33 Å². The first kappa shape index (κ1) is 13.3. The van der Waals surface area contributed by atoms with E-state index in [1.54, 1.807) is 0 Å². The summed E-state index contributed by atoms with van der Waals surface area (Å²) >= 11 is 0. The summed E-state index contributed by atoms with van der Waals surface area (Å²) in [4.78, 5) is 15.0. The number of fused-ring (bicyclic) bond motifs is 1. The van der Waals surface area contributed by atoms with Crippen molar-refractivity contribution in [3.8, 4) is 0 Å². The first-order valence-corrected chi connectivity index (χ1v) is 7.37. The van der Waals surface area contributed by atoms with Gasteiger partial charge in [0.2, 0.25) is 0 Å². The van der Waals surface area contributed by atoms with Crippen LogP contribution >= 0.6 is 0 Å². The summed E-state index contributed by atoms with van der Waals surface area (Å²) in [5.41, 5.74) is 7.33. The van der Waals surface area contributed by atoms with Crippen molar-refractivity contribution in [2.24, 2.45) is 0 Å². The zero-order valence-corrected chi connectivity index (χ0v) is 12.0.